The first-order valence-corrected chi connectivity index (χ1v) is 7.54. The molecule has 1 N–H and O–H groups in total. The molecule has 0 bridgehead atoms. The van der Waals surface area contributed by atoms with Crippen LogP contribution in [0.5, 0.6) is 0 Å². The van der Waals surface area contributed by atoms with E-state index in [1.807, 2.05) is 12.1 Å². The van der Waals surface area contributed by atoms with E-state index in [9.17, 15) is 0 Å². The van der Waals surface area contributed by atoms with Crippen LogP contribution in [0, 0.1) is 0 Å². The van der Waals surface area contributed by atoms with E-state index in [4.69, 9.17) is 16.6 Å². The third kappa shape index (κ3) is 2.87. The summed E-state index contributed by atoms with van der Waals surface area (Å²) < 4.78 is 0.853. The van der Waals surface area contributed by atoms with Gasteiger partial charge in [0, 0.05) is 17.5 Å². The van der Waals surface area contributed by atoms with Gasteiger partial charge in [-0.1, -0.05) is 38.4 Å². The van der Waals surface area contributed by atoms with Crippen LogP contribution in [-0.2, 0) is 5.41 Å². The highest BCUT2D eigenvalue weighted by Gasteiger charge is 2.20. The molecule has 0 aliphatic rings. The molecule has 1 aromatic heterocycles. The summed E-state index contributed by atoms with van der Waals surface area (Å²) in [6.45, 7) is 9.51. The molecule has 2 aromatic rings. The predicted molar refractivity (Wildman–Crippen MR) is 87.3 cm³/mol. The third-order valence-corrected chi connectivity index (χ3v) is 4.38. The Bertz CT molecular complexity index is 618. The maximum absolute atomic E-state index is 6.14. The van der Waals surface area contributed by atoms with Gasteiger partial charge in [0.2, 0.25) is 0 Å². The third-order valence-electron chi connectivity index (χ3n) is 3.03. The summed E-state index contributed by atoms with van der Waals surface area (Å²) in [4.78, 5) is 4.75. The van der Waals surface area contributed by atoms with Crippen molar-refractivity contribution in [1.82, 2.24) is 4.98 Å². The van der Waals surface area contributed by atoms with Crippen LogP contribution in [0.2, 0.25) is 5.02 Å². The Morgan fingerprint density at radius 1 is 1.32 bits per heavy atom. The van der Waals surface area contributed by atoms with Crippen molar-refractivity contribution < 1.29 is 0 Å². The van der Waals surface area contributed by atoms with Crippen LogP contribution in [0.3, 0.4) is 0 Å². The summed E-state index contributed by atoms with van der Waals surface area (Å²) in [5.74, 6) is 0.936. The first kappa shape index (κ1) is 14.6. The van der Waals surface area contributed by atoms with Gasteiger partial charge >= 0.3 is 0 Å². The molecule has 0 amide bonds. The van der Waals surface area contributed by atoms with Gasteiger partial charge in [-0.05, 0) is 40.4 Å². The average Bonchev–Trinajstić information content (AvgIpc) is 2.33. The number of benzene rings is 1. The fourth-order valence-electron chi connectivity index (χ4n) is 2.05. The lowest BCUT2D eigenvalue weighted by atomic mass is 9.86. The van der Waals surface area contributed by atoms with E-state index in [0.29, 0.717) is 5.02 Å². The molecule has 0 radical (unpaired) electrons. The highest BCUT2D eigenvalue weighted by Crippen LogP contribution is 2.35. The zero-order valence-corrected chi connectivity index (χ0v) is 14.0. The number of hydrogen-bond donors (Lipinski definition) is 1. The van der Waals surface area contributed by atoms with E-state index in [1.165, 1.54) is 5.56 Å². The molecular formula is C15H18BrClN2. The highest BCUT2D eigenvalue weighted by molar-refractivity contribution is 9.10. The van der Waals surface area contributed by atoms with Crippen molar-refractivity contribution in [2.24, 2.45) is 0 Å². The molecule has 2 nitrogen and oxygen atoms in total. The number of halogens is 2. The van der Waals surface area contributed by atoms with Crippen LogP contribution in [0.1, 0.15) is 33.3 Å². The molecule has 0 saturated carbocycles. The Morgan fingerprint density at radius 2 is 2.00 bits per heavy atom. The van der Waals surface area contributed by atoms with E-state index >= 15 is 0 Å². The van der Waals surface area contributed by atoms with Gasteiger partial charge in [0.15, 0.2) is 0 Å². The van der Waals surface area contributed by atoms with Crippen LogP contribution in [-0.4, -0.2) is 11.5 Å². The van der Waals surface area contributed by atoms with Gasteiger partial charge in [-0.2, -0.15) is 0 Å². The maximum Gasteiger partial charge on any atom is 0.130 e. The van der Waals surface area contributed by atoms with Crippen LogP contribution < -0.4 is 5.32 Å². The second-order valence-corrected chi connectivity index (χ2v) is 6.80. The van der Waals surface area contributed by atoms with Gasteiger partial charge in [0.25, 0.3) is 0 Å². The molecule has 0 aliphatic heterocycles. The van der Waals surface area contributed by atoms with Crippen molar-refractivity contribution in [3.63, 3.8) is 0 Å². The van der Waals surface area contributed by atoms with Crippen LogP contribution in [0.25, 0.3) is 10.9 Å². The van der Waals surface area contributed by atoms with Gasteiger partial charge in [-0.3, -0.25) is 0 Å². The number of aromatic nitrogens is 1. The van der Waals surface area contributed by atoms with Gasteiger partial charge in [0.1, 0.15) is 5.82 Å². The largest absolute Gasteiger partial charge is 0.370 e. The first-order valence-electron chi connectivity index (χ1n) is 6.37. The molecule has 102 valence electrons. The first-order chi connectivity index (χ1) is 8.84. The Morgan fingerprint density at radius 3 is 2.58 bits per heavy atom. The van der Waals surface area contributed by atoms with E-state index in [0.717, 1.165) is 27.7 Å². The van der Waals surface area contributed by atoms with Crippen molar-refractivity contribution in [2.45, 2.75) is 33.1 Å². The fourth-order valence-corrected chi connectivity index (χ4v) is 2.66. The number of hydrogen-bond acceptors (Lipinski definition) is 2. The molecule has 4 heteroatoms. The SMILES string of the molecule is CCNc1nc2c(Br)c(Cl)ccc2cc1C(C)(C)C. The van der Waals surface area contributed by atoms with Crippen molar-refractivity contribution >= 4 is 44.3 Å². The topological polar surface area (TPSA) is 24.9 Å². The second-order valence-electron chi connectivity index (χ2n) is 5.60. The van der Waals surface area contributed by atoms with Crippen LogP contribution in [0.15, 0.2) is 22.7 Å². The summed E-state index contributed by atoms with van der Waals surface area (Å²) in [7, 11) is 0. The minimum atomic E-state index is 0.0464. The van der Waals surface area contributed by atoms with E-state index in [2.05, 4.69) is 55.0 Å². The molecule has 1 heterocycles. The molecule has 0 saturated heterocycles. The monoisotopic (exact) mass is 340 g/mol. The molecule has 0 spiro atoms. The van der Waals surface area contributed by atoms with Crippen molar-refractivity contribution in [1.29, 1.82) is 0 Å². The van der Waals surface area contributed by atoms with Gasteiger partial charge in [0.05, 0.1) is 15.0 Å². The summed E-state index contributed by atoms with van der Waals surface area (Å²) in [6, 6.07) is 6.11. The lowest BCUT2D eigenvalue weighted by Gasteiger charge is -2.23. The standard InChI is InChI=1S/C15H18BrClN2/c1-5-18-14-10(15(2,3)4)8-9-6-7-11(17)12(16)13(9)19-14/h6-8H,5H2,1-4H3,(H,18,19). The Balaban J connectivity index is 2.76. The molecule has 0 unspecified atom stereocenters. The lowest BCUT2D eigenvalue weighted by Crippen LogP contribution is -2.16. The molecular weight excluding hydrogens is 324 g/mol. The number of anilines is 1. The maximum atomic E-state index is 6.14. The molecule has 0 fully saturated rings. The summed E-state index contributed by atoms with van der Waals surface area (Å²) >= 11 is 9.66. The van der Waals surface area contributed by atoms with Gasteiger partial charge < -0.3 is 5.32 Å². The van der Waals surface area contributed by atoms with E-state index in [-0.39, 0.29) is 5.41 Å². The zero-order chi connectivity index (χ0) is 14.2. The highest BCUT2D eigenvalue weighted by atomic mass is 79.9. The zero-order valence-electron chi connectivity index (χ0n) is 11.6. The molecule has 1 aromatic carbocycles. The number of nitrogens with one attached hydrogen (secondary N) is 1. The average molecular weight is 342 g/mol. The van der Waals surface area contributed by atoms with Crippen molar-refractivity contribution in [2.75, 3.05) is 11.9 Å². The Kier molecular flexibility index (Phi) is 4.07. The minimum Gasteiger partial charge on any atom is -0.370 e. The number of fused-ring (bicyclic) bond motifs is 1. The quantitative estimate of drug-likeness (QED) is 0.793. The van der Waals surface area contributed by atoms with Crippen LogP contribution >= 0.6 is 27.5 Å². The normalized spacial score (nSPS) is 11.9. The van der Waals surface area contributed by atoms with E-state index in [1.54, 1.807) is 0 Å². The summed E-state index contributed by atoms with van der Waals surface area (Å²) in [5, 5.41) is 5.13. The predicted octanol–water partition coefficient (Wildman–Crippen LogP) is 5.38. The summed E-state index contributed by atoms with van der Waals surface area (Å²) in [5.41, 5.74) is 2.16. The Labute approximate surface area is 127 Å². The molecule has 2 rings (SSSR count). The molecule has 19 heavy (non-hydrogen) atoms. The number of nitrogens with zero attached hydrogens (tertiary/aromatic N) is 1. The Hall–Kier alpha value is -0.800. The minimum absolute atomic E-state index is 0.0464. The molecule has 0 aliphatic carbocycles. The smallest absolute Gasteiger partial charge is 0.130 e. The number of rotatable bonds is 2. The van der Waals surface area contributed by atoms with Crippen molar-refractivity contribution in [3.8, 4) is 0 Å². The van der Waals surface area contributed by atoms with Gasteiger partial charge in [-0.25, -0.2) is 4.98 Å². The second kappa shape index (κ2) is 5.29. The van der Waals surface area contributed by atoms with E-state index < -0.39 is 0 Å². The molecule has 0 atom stereocenters. The van der Waals surface area contributed by atoms with Crippen LogP contribution in [0.4, 0.5) is 5.82 Å². The van der Waals surface area contributed by atoms with Crippen molar-refractivity contribution in [3.05, 3.63) is 33.3 Å². The fraction of sp³-hybridized carbons (Fsp3) is 0.400. The summed E-state index contributed by atoms with van der Waals surface area (Å²) in [6.07, 6.45) is 0. The number of pyridine rings is 1. The lowest BCUT2D eigenvalue weighted by molar-refractivity contribution is 0.590. The van der Waals surface area contributed by atoms with Gasteiger partial charge in [-0.15, -0.1) is 0 Å².